The molecule has 0 aromatic carbocycles. The minimum absolute atomic E-state index is 0.159. The number of amides is 2. The Morgan fingerprint density at radius 3 is 2.43 bits per heavy atom. The summed E-state index contributed by atoms with van der Waals surface area (Å²) in [5, 5.41) is 0. The Labute approximate surface area is 125 Å². The van der Waals surface area contributed by atoms with Crippen molar-refractivity contribution >= 4 is 6.03 Å². The zero-order valence-corrected chi connectivity index (χ0v) is 12.7. The fourth-order valence-electron chi connectivity index (χ4n) is 4.01. The molecule has 6 heteroatoms. The van der Waals surface area contributed by atoms with E-state index in [9.17, 15) is 13.6 Å². The quantitative estimate of drug-likeness (QED) is 0.743. The first-order valence-electron chi connectivity index (χ1n) is 8.08. The van der Waals surface area contributed by atoms with Crippen molar-refractivity contribution in [2.75, 3.05) is 39.8 Å². The van der Waals surface area contributed by atoms with Gasteiger partial charge in [-0.2, -0.15) is 0 Å². The van der Waals surface area contributed by atoms with E-state index in [0.29, 0.717) is 5.92 Å². The molecule has 3 heterocycles. The summed E-state index contributed by atoms with van der Waals surface area (Å²) in [5.74, 6) is -2.16. The van der Waals surface area contributed by atoms with Gasteiger partial charge in [-0.25, -0.2) is 13.6 Å². The molecule has 3 saturated heterocycles. The highest BCUT2D eigenvalue weighted by Crippen LogP contribution is 2.33. The van der Waals surface area contributed by atoms with Crippen molar-refractivity contribution in [2.45, 2.75) is 44.1 Å². The first kappa shape index (κ1) is 15.0. The summed E-state index contributed by atoms with van der Waals surface area (Å²) < 4.78 is 26.6. The average molecular weight is 301 g/mol. The van der Waals surface area contributed by atoms with E-state index in [4.69, 9.17) is 0 Å². The molecule has 0 aliphatic carbocycles. The van der Waals surface area contributed by atoms with Crippen molar-refractivity contribution in [1.29, 1.82) is 0 Å². The molecule has 4 nitrogen and oxygen atoms in total. The number of piperidine rings is 1. The van der Waals surface area contributed by atoms with Gasteiger partial charge in [-0.05, 0) is 51.7 Å². The highest BCUT2D eigenvalue weighted by atomic mass is 19.3. The fraction of sp³-hybridized carbons (Fsp3) is 0.933. The van der Waals surface area contributed by atoms with Gasteiger partial charge in [0.15, 0.2) is 0 Å². The van der Waals surface area contributed by atoms with Crippen LogP contribution in [-0.4, -0.2) is 72.5 Å². The Balaban J connectivity index is 1.62. The summed E-state index contributed by atoms with van der Waals surface area (Å²) in [6.45, 7) is 2.68. The lowest BCUT2D eigenvalue weighted by atomic mass is 9.88. The van der Waals surface area contributed by atoms with Crippen LogP contribution in [0.2, 0.25) is 0 Å². The van der Waals surface area contributed by atoms with Crippen molar-refractivity contribution in [2.24, 2.45) is 5.92 Å². The molecule has 0 aromatic heterocycles. The number of urea groups is 1. The molecule has 1 atom stereocenters. The first-order chi connectivity index (χ1) is 9.96. The van der Waals surface area contributed by atoms with Gasteiger partial charge in [0.25, 0.3) is 5.92 Å². The van der Waals surface area contributed by atoms with Crippen molar-refractivity contribution in [1.82, 2.24) is 14.7 Å². The van der Waals surface area contributed by atoms with E-state index in [1.54, 1.807) is 0 Å². The van der Waals surface area contributed by atoms with E-state index in [1.807, 2.05) is 4.90 Å². The second kappa shape index (κ2) is 5.71. The summed E-state index contributed by atoms with van der Waals surface area (Å²) >= 11 is 0. The Kier molecular flexibility index (Phi) is 4.08. The van der Waals surface area contributed by atoms with Gasteiger partial charge in [0.2, 0.25) is 0 Å². The third-order valence-electron chi connectivity index (χ3n) is 5.29. The summed E-state index contributed by atoms with van der Waals surface area (Å²) in [4.78, 5) is 18.1. The van der Waals surface area contributed by atoms with E-state index in [1.165, 1.54) is 4.90 Å². The van der Waals surface area contributed by atoms with Crippen LogP contribution in [0.4, 0.5) is 13.6 Å². The van der Waals surface area contributed by atoms with Crippen LogP contribution in [0, 0.1) is 5.92 Å². The van der Waals surface area contributed by atoms with E-state index in [-0.39, 0.29) is 25.0 Å². The number of nitrogens with zero attached hydrogens (tertiary/aromatic N) is 3. The molecule has 0 bridgehead atoms. The van der Waals surface area contributed by atoms with Crippen LogP contribution in [0.3, 0.4) is 0 Å². The van der Waals surface area contributed by atoms with Crippen molar-refractivity contribution in [3.63, 3.8) is 0 Å². The second-order valence-electron chi connectivity index (χ2n) is 6.85. The molecule has 0 radical (unpaired) electrons. The lowest BCUT2D eigenvalue weighted by Crippen LogP contribution is -2.49. The average Bonchev–Trinajstić information content (AvgIpc) is 3.05. The summed E-state index contributed by atoms with van der Waals surface area (Å²) in [6.07, 6.45) is 4.07. The molecular formula is C15H25F2N3O. The zero-order chi connectivity index (χ0) is 15.0. The van der Waals surface area contributed by atoms with Crippen LogP contribution in [0.5, 0.6) is 0 Å². The smallest absolute Gasteiger partial charge is 0.320 e. The molecule has 3 fully saturated rings. The summed E-state index contributed by atoms with van der Waals surface area (Å²) in [5.41, 5.74) is 0. The van der Waals surface area contributed by atoms with Crippen LogP contribution in [0.25, 0.3) is 0 Å². The highest BCUT2D eigenvalue weighted by molar-refractivity contribution is 5.75. The number of rotatable bonds is 1. The fourth-order valence-corrected chi connectivity index (χ4v) is 4.01. The maximum Gasteiger partial charge on any atom is 0.320 e. The van der Waals surface area contributed by atoms with Gasteiger partial charge in [0, 0.05) is 25.6 Å². The predicted octanol–water partition coefficient (Wildman–Crippen LogP) is 2.25. The SMILES string of the molecule is CN1CCC(C2CCCN2C(=O)N2CCC(F)(F)C2)CC1. The predicted molar refractivity (Wildman–Crippen MR) is 76.5 cm³/mol. The molecule has 0 aromatic rings. The number of carbonyl (C=O) groups is 1. The lowest BCUT2D eigenvalue weighted by Gasteiger charge is -2.38. The third kappa shape index (κ3) is 3.15. The Morgan fingerprint density at radius 2 is 1.81 bits per heavy atom. The van der Waals surface area contributed by atoms with Crippen molar-refractivity contribution in [3.8, 4) is 0 Å². The number of likely N-dealkylation sites (tertiary alicyclic amines) is 3. The second-order valence-corrected chi connectivity index (χ2v) is 6.85. The monoisotopic (exact) mass is 301 g/mol. The van der Waals surface area contributed by atoms with Gasteiger partial charge in [0.05, 0.1) is 6.54 Å². The van der Waals surface area contributed by atoms with Gasteiger partial charge < -0.3 is 14.7 Å². The normalized spacial score (nSPS) is 31.1. The maximum atomic E-state index is 13.3. The van der Waals surface area contributed by atoms with Crippen molar-refractivity contribution in [3.05, 3.63) is 0 Å². The van der Waals surface area contributed by atoms with Gasteiger partial charge in [0.1, 0.15) is 0 Å². The number of hydrogen-bond acceptors (Lipinski definition) is 2. The Bertz CT molecular complexity index is 396. The van der Waals surface area contributed by atoms with E-state index < -0.39 is 12.5 Å². The van der Waals surface area contributed by atoms with E-state index in [2.05, 4.69) is 11.9 Å². The van der Waals surface area contributed by atoms with Gasteiger partial charge in [-0.1, -0.05) is 0 Å². The van der Waals surface area contributed by atoms with Crippen molar-refractivity contribution < 1.29 is 13.6 Å². The molecule has 1 unspecified atom stereocenters. The molecule has 2 amide bonds. The van der Waals surface area contributed by atoms with Crippen LogP contribution in [-0.2, 0) is 0 Å². The molecule has 3 aliphatic heterocycles. The summed E-state index contributed by atoms with van der Waals surface area (Å²) in [7, 11) is 2.13. The molecular weight excluding hydrogens is 276 g/mol. The van der Waals surface area contributed by atoms with Crippen LogP contribution in [0.1, 0.15) is 32.1 Å². The van der Waals surface area contributed by atoms with Crippen LogP contribution >= 0.6 is 0 Å². The van der Waals surface area contributed by atoms with Gasteiger partial charge >= 0.3 is 6.03 Å². The van der Waals surface area contributed by atoms with Gasteiger partial charge in [-0.15, -0.1) is 0 Å². The highest BCUT2D eigenvalue weighted by Gasteiger charge is 2.44. The van der Waals surface area contributed by atoms with Crippen LogP contribution < -0.4 is 0 Å². The number of alkyl halides is 2. The maximum absolute atomic E-state index is 13.3. The summed E-state index contributed by atoms with van der Waals surface area (Å²) in [6, 6.07) is 0.106. The third-order valence-corrected chi connectivity index (χ3v) is 5.29. The number of hydrogen-bond donors (Lipinski definition) is 0. The van der Waals surface area contributed by atoms with Gasteiger partial charge in [-0.3, -0.25) is 0 Å². The largest absolute Gasteiger partial charge is 0.321 e. The molecule has 0 N–H and O–H groups in total. The molecule has 3 aliphatic rings. The van der Waals surface area contributed by atoms with E-state index in [0.717, 1.165) is 45.3 Å². The molecule has 21 heavy (non-hydrogen) atoms. The Morgan fingerprint density at radius 1 is 1.10 bits per heavy atom. The molecule has 3 rings (SSSR count). The minimum atomic E-state index is -2.70. The first-order valence-corrected chi connectivity index (χ1v) is 8.08. The molecule has 0 spiro atoms. The topological polar surface area (TPSA) is 26.8 Å². The van der Waals surface area contributed by atoms with Crippen LogP contribution in [0.15, 0.2) is 0 Å². The standard InChI is InChI=1S/C15H25F2N3O/c1-18-8-4-12(5-9-18)13-3-2-7-20(13)14(21)19-10-6-15(16,17)11-19/h12-13H,2-11H2,1H3. The molecule has 0 saturated carbocycles. The lowest BCUT2D eigenvalue weighted by molar-refractivity contribution is 0.0130. The number of halogens is 2. The number of carbonyl (C=O) groups excluding carboxylic acids is 1. The molecule has 120 valence electrons. The zero-order valence-electron chi connectivity index (χ0n) is 12.7. The minimum Gasteiger partial charge on any atom is -0.321 e. The Hall–Kier alpha value is -0.910. The van der Waals surface area contributed by atoms with E-state index >= 15 is 0 Å².